The van der Waals surface area contributed by atoms with Crippen LogP contribution in [0.1, 0.15) is 38.5 Å². The number of imide groups is 1. The third-order valence-corrected chi connectivity index (χ3v) is 5.89. The van der Waals surface area contributed by atoms with Gasteiger partial charge in [-0.1, -0.05) is 6.42 Å². The lowest BCUT2D eigenvalue weighted by atomic mass is 10.1. The Morgan fingerprint density at radius 1 is 1.36 bits per heavy atom. The van der Waals surface area contributed by atoms with Crippen LogP contribution in [-0.4, -0.2) is 53.5 Å². The summed E-state index contributed by atoms with van der Waals surface area (Å²) in [5.41, 5.74) is 0. The number of hydrogen-bond acceptors (Lipinski definition) is 6. The molecular formula is C15H22N4O5S. The van der Waals surface area contributed by atoms with E-state index < -0.39 is 27.9 Å². The van der Waals surface area contributed by atoms with Crippen molar-refractivity contribution in [3.63, 3.8) is 0 Å². The molecule has 138 valence electrons. The smallest absolute Gasteiger partial charge is 0.262 e. The van der Waals surface area contributed by atoms with Gasteiger partial charge in [-0.3, -0.25) is 14.9 Å². The molecule has 1 aliphatic rings. The van der Waals surface area contributed by atoms with Gasteiger partial charge in [0.1, 0.15) is 12.3 Å². The van der Waals surface area contributed by atoms with Crippen LogP contribution in [0.5, 0.6) is 0 Å². The number of aldehydes is 1. The van der Waals surface area contributed by atoms with Gasteiger partial charge >= 0.3 is 0 Å². The molecule has 1 aliphatic heterocycles. The van der Waals surface area contributed by atoms with Crippen molar-refractivity contribution in [1.29, 1.82) is 0 Å². The van der Waals surface area contributed by atoms with Gasteiger partial charge in [0, 0.05) is 32.6 Å². The van der Waals surface area contributed by atoms with E-state index in [2.05, 4.69) is 10.3 Å². The molecule has 0 aliphatic carbocycles. The van der Waals surface area contributed by atoms with E-state index in [0.29, 0.717) is 13.0 Å². The molecule has 1 aromatic rings. The summed E-state index contributed by atoms with van der Waals surface area (Å²) in [5, 5.41) is 2.02. The summed E-state index contributed by atoms with van der Waals surface area (Å²) in [6.45, 7) is 0.601. The van der Waals surface area contributed by atoms with Gasteiger partial charge < -0.3 is 9.36 Å². The van der Waals surface area contributed by atoms with Gasteiger partial charge in [-0.2, -0.15) is 4.31 Å². The SMILES string of the molecule is CN(C1CCC(=O)NC1=O)S(=O)(=O)c1cn(CCCCCC=O)cn1. The van der Waals surface area contributed by atoms with Gasteiger partial charge in [-0.05, 0) is 19.3 Å². The van der Waals surface area contributed by atoms with E-state index in [1.54, 1.807) is 4.57 Å². The van der Waals surface area contributed by atoms with E-state index in [4.69, 9.17) is 0 Å². The van der Waals surface area contributed by atoms with E-state index in [9.17, 15) is 22.8 Å². The number of rotatable bonds is 9. The minimum absolute atomic E-state index is 0.103. The van der Waals surface area contributed by atoms with E-state index in [1.165, 1.54) is 19.6 Å². The van der Waals surface area contributed by atoms with Crippen molar-refractivity contribution in [2.75, 3.05) is 7.05 Å². The predicted molar refractivity (Wildman–Crippen MR) is 87.9 cm³/mol. The molecule has 2 amide bonds. The summed E-state index contributed by atoms with van der Waals surface area (Å²) in [4.78, 5) is 37.3. The molecule has 1 fully saturated rings. The molecule has 10 heteroatoms. The Morgan fingerprint density at radius 3 is 2.80 bits per heavy atom. The van der Waals surface area contributed by atoms with Gasteiger partial charge in [0.15, 0.2) is 5.03 Å². The van der Waals surface area contributed by atoms with E-state index in [0.717, 1.165) is 29.9 Å². The number of sulfonamides is 1. The lowest BCUT2D eigenvalue weighted by molar-refractivity contribution is -0.136. The van der Waals surface area contributed by atoms with Crippen molar-refractivity contribution >= 4 is 28.1 Å². The number of aromatic nitrogens is 2. The van der Waals surface area contributed by atoms with Crippen LogP contribution < -0.4 is 5.32 Å². The lowest BCUT2D eigenvalue weighted by Gasteiger charge is -2.28. The molecule has 2 heterocycles. The maximum Gasteiger partial charge on any atom is 0.262 e. The molecule has 0 aromatic carbocycles. The first kappa shape index (κ1) is 19.3. The van der Waals surface area contributed by atoms with Crippen LogP contribution in [0.25, 0.3) is 0 Å². The van der Waals surface area contributed by atoms with E-state index >= 15 is 0 Å². The first-order chi connectivity index (χ1) is 11.9. The number of amides is 2. The van der Waals surface area contributed by atoms with Gasteiger partial charge in [0.25, 0.3) is 10.0 Å². The average molecular weight is 370 g/mol. The summed E-state index contributed by atoms with van der Waals surface area (Å²) in [6, 6.07) is -0.920. The molecule has 1 N–H and O–H groups in total. The number of unbranched alkanes of at least 4 members (excludes halogenated alkanes) is 3. The van der Waals surface area contributed by atoms with Crippen LogP contribution in [0.4, 0.5) is 0 Å². The highest BCUT2D eigenvalue weighted by atomic mass is 32.2. The number of nitrogens with zero attached hydrogens (tertiary/aromatic N) is 3. The molecular weight excluding hydrogens is 348 g/mol. The minimum Gasteiger partial charge on any atom is -0.336 e. The molecule has 0 spiro atoms. The quantitative estimate of drug-likeness (QED) is 0.373. The Morgan fingerprint density at radius 2 is 2.12 bits per heavy atom. The maximum atomic E-state index is 12.6. The Hall–Kier alpha value is -2.07. The molecule has 25 heavy (non-hydrogen) atoms. The zero-order chi connectivity index (χ0) is 18.4. The van der Waals surface area contributed by atoms with Gasteiger partial charge in [0.2, 0.25) is 11.8 Å². The lowest BCUT2D eigenvalue weighted by Crippen LogP contribution is -2.52. The van der Waals surface area contributed by atoms with Crippen molar-refractivity contribution in [3.05, 3.63) is 12.5 Å². The summed E-state index contributed by atoms with van der Waals surface area (Å²) < 4.78 is 27.9. The normalized spacial score (nSPS) is 18.4. The van der Waals surface area contributed by atoms with Crippen molar-refractivity contribution < 1.29 is 22.8 Å². The molecule has 0 saturated carbocycles. The van der Waals surface area contributed by atoms with Crippen LogP contribution in [0, 0.1) is 0 Å². The topological polar surface area (TPSA) is 118 Å². The maximum absolute atomic E-state index is 12.6. The number of imidazole rings is 1. The fourth-order valence-corrected chi connectivity index (χ4v) is 3.92. The average Bonchev–Trinajstić information content (AvgIpc) is 3.04. The second-order valence-electron chi connectivity index (χ2n) is 5.95. The Kier molecular flexibility index (Phi) is 6.43. The first-order valence-electron chi connectivity index (χ1n) is 8.13. The van der Waals surface area contributed by atoms with E-state index in [-0.39, 0.29) is 17.9 Å². The molecule has 0 bridgehead atoms. The third-order valence-electron chi connectivity index (χ3n) is 4.14. The highest BCUT2D eigenvalue weighted by Gasteiger charge is 2.37. The second kappa shape index (κ2) is 8.34. The summed E-state index contributed by atoms with van der Waals surface area (Å²) in [7, 11) is -2.61. The number of likely N-dealkylation sites (N-methyl/N-ethyl adjacent to an activating group) is 1. The van der Waals surface area contributed by atoms with Crippen LogP contribution in [0.2, 0.25) is 0 Å². The van der Waals surface area contributed by atoms with Crippen molar-refractivity contribution in [3.8, 4) is 0 Å². The largest absolute Gasteiger partial charge is 0.336 e. The van der Waals surface area contributed by atoms with Gasteiger partial charge in [-0.15, -0.1) is 0 Å². The number of piperidine rings is 1. The molecule has 2 rings (SSSR count). The molecule has 1 aromatic heterocycles. The van der Waals surface area contributed by atoms with Crippen molar-refractivity contribution in [2.24, 2.45) is 0 Å². The summed E-state index contributed by atoms with van der Waals surface area (Å²) >= 11 is 0. The highest BCUT2D eigenvalue weighted by molar-refractivity contribution is 7.89. The fraction of sp³-hybridized carbons (Fsp3) is 0.600. The standard InChI is InChI=1S/C15H22N4O5S/c1-18(12-6-7-13(21)17-15(12)22)25(23,24)14-10-19(11-16-14)8-4-2-3-5-9-20/h9-12H,2-8H2,1H3,(H,17,21,22). The molecule has 1 saturated heterocycles. The zero-order valence-corrected chi connectivity index (χ0v) is 14.9. The van der Waals surface area contributed by atoms with Crippen LogP contribution in [0.15, 0.2) is 17.6 Å². The molecule has 0 radical (unpaired) electrons. The summed E-state index contributed by atoms with van der Waals surface area (Å²) in [5.74, 6) is -1.01. The number of carbonyl (C=O) groups excluding carboxylic acids is 3. The number of hydrogen-bond donors (Lipinski definition) is 1. The highest BCUT2D eigenvalue weighted by Crippen LogP contribution is 2.19. The molecule has 1 atom stereocenters. The first-order valence-corrected chi connectivity index (χ1v) is 9.57. The minimum atomic E-state index is -3.92. The monoisotopic (exact) mass is 370 g/mol. The van der Waals surface area contributed by atoms with Gasteiger partial charge in [-0.25, -0.2) is 13.4 Å². The number of nitrogens with one attached hydrogen (secondary N) is 1. The number of aryl methyl sites for hydroxylation is 1. The molecule has 9 nitrogen and oxygen atoms in total. The third kappa shape index (κ3) is 4.73. The zero-order valence-electron chi connectivity index (χ0n) is 14.1. The molecule has 1 unspecified atom stereocenters. The van der Waals surface area contributed by atoms with Crippen molar-refractivity contribution in [2.45, 2.75) is 56.1 Å². The predicted octanol–water partition coefficient (Wildman–Crippen LogP) is 0.0681. The Bertz CT molecular complexity index is 743. The number of carbonyl (C=O) groups is 3. The fourth-order valence-electron chi connectivity index (χ4n) is 2.64. The van der Waals surface area contributed by atoms with Crippen LogP contribution in [0.3, 0.4) is 0 Å². The van der Waals surface area contributed by atoms with Crippen molar-refractivity contribution in [1.82, 2.24) is 19.2 Å². The van der Waals surface area contributed by atoms with Crippen LogP contribution >= 0.6 is 0 Å². The Balaban J connectivity index is 2.00. The second-order valence-corrected chi connectivity index (χ2v) is 7.90. The van der Waals surface area contributed by atoms with E-state index in [1.807, 2.05) is 0 Å². The summed E-state index contributed by atoms with van der Waals surface area (Å²) in [6.07, 6.45) is 7.02. The van der Waals surface area contributed by atoms with Crippen LogP contribution in [-0.2, 0) is 31.0 Å². The Labute approximate surface area is 146 Å². The van der Waals surface area contributed by atoms with Gasteiger partial charge in [0.05, 0.1) is 6.33 Å².